The first-order valence-corrected chi connectivity index (χ1v) is 11.3. The van der Waals surface area contributed by atoms with Crippen LogP contribution in [0.2, 0.25) is 0 Å². The highest BCUT2D eigenvalue weighted by atomic mass is 79.9. The number of allylic oxidation sites excluding steroid dienone is 1. The number of likely N-dealkylation sites (N-methyl/N-ethyl adjacent to an activating group) is 1. The van der Waals surface area contributed by atoms with Crippen LogP contribution >= 0.6 is 15.9 Å². The molecule has 2 heterocycles. The van der Waals surface area contributed by atoms with E-state index < -0.39 is 0 Å². The summed E-state index contributed by atoms with van der Waals surface area (Å²) < 4.78 is 17.8. The minimum Gasteiger partial charge on any atom is -0.492 e. The van der Waals surface area contributed by atoms with Gasteiger partial charge in [0.05, 0.1) is 17.3 Å². The van der Waals surface area contributed by atoms with E-state index in [1.165, 1.54) is 0 Å². The van der Waals surface area contributed by atoms with Gasteiger partial charge in [0.25, 0.3) is 0 Å². The number of fused-ring (bicyclic) bond motifs is 2. The lowest BCUT2D eigenvalue weighted by atomic mass is 10.0. The molecule has 32 heavy (non-hydrogen) atoms. The Kier molecular flexibility index (Phi) is 5.33. The highest BCUT2D eigenvalue weighted by molar-refractivity contribution is 9.10. The molecular formula is C24H23BrN2O5. The van der Waals surface area contributed by atoms with Crippen molar-refractivity contribution in [2.45, 2.75) is 19.3 Å². The van der Waals surface area contributed by atoms with Gasteiger partial charge < -0.3 is 24.4 Å². The Bertz CT molecular complexity index is 1160. The van der Waals surface area contributed by atoms with E-state index in [4.69, 9.17) is 14.2 Å². The van der Waals surface area contributed by atoms with Crippen LogP contribution in [0.1, 0.15) is 34.3 Å². The standard InChI is InChI=1S/C24H23BrN2O5/c1-27-9-8-16-17(21(30-2)23-22(19(16)25)31-12-32-23)11-18(27)20(28)14-4-3-5-15(10-14)26-24(29)13-6-7-13/h3-5,10-11,13H,6-9,12H2,1-2H3,(H,26,29). The van der Waals surface area contributed by atoms with E-state index in [0.29, 0.717) is 47.2 Å². The van der Waals surface area contributed by atoms with Crippen molar-refractivity contribution < 1.29 is 23.8 Å². The zero-order valence-electron chi connectivity index (χ0n) is 17.9. The fourth-order valence-corrected chi connectivity index (χ4v) is 4.79. The molecule has 0 unspecified atom stereocenters. The van der Waals surface area contributed by atoms with E-state index in [2.05, 4.69) is 21.2 Å². The van der Waals surface area contributed by atoms with Crippen molar-refractivity contribution in [3.8, 4) is 17.2 Å². The van der Waals surface area contributed by atoms with Crippen molar-refractivity contribution in [1.82, 2.24) is 4.90 Å². The lowest BCUT2D eigenvalue weighted by Gasteiger charge is -2.20. The van der Waals surface area contributed by atoms with Crippen molar-refractivity contribution in [1.29, 1.82) is 0 Å². The smallest absolute Gasteiger partial charge is 0.231 e. The van der Waals surface area contributed by atoms with E-state index >= 15 is 0 Å². The third kappa shape index (κ3) is 3.62. The Morgan fingerprint density at radius 3 is 2.75 bits per heavy atom. The number of methoxy groups -OCH3 is 1. The largest absolute Gasteiger partial charge is 0.492 e. The van der Waals surface area contributed by atoms with Gasteiger partial charge in [-0.25, -0.2) is 0 Å². The lowest BCUT2D eigenvalue weighted by Crippen LogP contribution is -2.24. The molecule has 3 aliphatic rings. The second-order valence-electron chi connectivity index (χ2n) is 8.18. The number of nitrogens with one attached hydrogen (secondary N) is 1. The summed E-state index contributed by atoms with van der Waals surface area (Å²) in [4.78, 5) is 27.6. The molecule has 2 aromatic rings. The molecule has 0 bridgehead atoms. The normalized spacial score (nSPS) is 16.7. The number of ketones is 1. The maximum atomic E-state index is 13.5. The minimum absolute atomic E-state index is 0.0139. The number of Topliss-reactive ketones (excluding diaryl/α,β-unsaturated/α-hetero) is 1. The second-order valence-corrected chi connectivity index (χ2v) is 8.97. The number of hydrogen-bond donors (Lipinski definition) is 1. The van der Waals surface area contributed by atoms with Crippen molar-refractivity contribution in [3.63, 3.8) is 0 Å². The molecular weight excluding hydrogens is 476 g/mol. The summed E-state index contributed by atoms with van der Waals surface area (Å²) in [6.45, 7) is 0.770. The van der Waals surface area contributed by atoms with E-state index in [0.717, 1.165) is 28.4 Å². The molecule has 0 saturated heterocycles. The van der Waals surface area contributed by atoms with E-state index in [-0.39, 0.29) is 24.4 Å². The number of carbonyl (C=O) groups excluding carboxylic acids is 2. The van der Waals surface area contributed by atoms with Gasteiger partial charge in [0.15, 0.2) is 11.5 Å². The Hall–Kier alpha value is -3.00. The SMILES string of the molecule is COc1c2c(c(Br)c3c1OCO3)CCN(C)C(C(=O)c1cccc(NC(=O)C3CC3)c1)=C2. The number of ether oxygens (including phenoxy) is 3. The number of halogens is 1. The zero-order valence-corrected chi connectivity index (χ0v) is 19.5. The van der Waals surface area contributed by atoms with Crippen molar-refractivity contribution in [2.24, 2.45) is 5.92 Å². The highest BCUT2D eigenvalue weighted by Crippen LogP contribution is 2.51. The maximum absolute atomic E-state index is 13.5. The molecule has 1 amide bonds. The number of rotatable bonds is 5. The van der Waals surface area contributed by atoms with Gasteiger partial charge in [-0.15, -0.1) is 0 Å². The van der Waals surface area contributed by atoms with Crippen LogP contribution in [-0.4, -0.2) is 44.1 Å². The molecule has 166 valence electrons. The van der Waals surface area contributed by atoms with Crippen LogP contribution in [-0.2, 0) is 11.2 Å². The van der Waals surface area contributed by atoms with Crippen LogP contribution in [0.15, 0.2) is 34.4 Å². The number of hydrogen-bond acceptors (Lipinski definition) is 6. The molecule has 7 nitrogen and oxygen atoms in total. The summed E-state index contributed by atoms with van der Waals surface area (Å²) in [7, 11) is 3.48. The number of nitrogens with zero attached hydrogens (tertiary/aromatic N) is 1. The molecule has 0 atom stereocenters. The molecule has 1 aliphatic carbocycles. The topological polar surface area (TPSA) is 77.1 Å². The predicted molar refractivity (Wildman–Crippen MR) is 123 cm³/mol. The summed E-state index contributed by atoms with van der Waals surface area (Å²) >= 11 is 3.65. The third-order valence-electron chi connectivity index (χ3n) is 6.02. The molecule has 1 fully saturated rings. The van der Waals surface area contributed by atoms with Gasteiger partial charge >= 0.3 is 0 Å². The van der Waals surface area contributed by atoms with Gasteiger partial charge in [0.1, 0.15) is 0 Å². The summed E-state index contributed by atoms with van der Waals surface area (Å²) in [6, 6.07) is 7.09. The summed E-state index contributed by atoms with van der Waals surface area (Å²) in [6.07, 6.45) is 4.41. The van der Waals surface area contributed by atoms with Gasteiger partial charge in [0.2, 0.25) is 24.2 Å². The lowest BCUT2D eigenvalue weighted by molar-refractivity contribution is -0.117. The number of amides is 1. The summed E-state index contributed by atoms with van der Waals surface area (Å²) in [5.41, 5.74) is 3.49. The van der Waals surface area contributed by atoms with Crippen molar-refractivity contribution in [2.75, 3.05) is 32.8 Å². The van der Waals surface area contributed by atoms with E-state index in [1.807, 2.05) is 18.0 Å². The van der Waals surface area contributed by atoms with Crippen molar-refractivity contribution in [3.05, 3.63) is 51.1 Å². The first-order chi connectivity index (χ1) is 15.5. The van der Waals surface area contributed by atoms with E-state index in [1.54, 1.807) is 31.4 Å². The average Bonchev–Trinajstić information content (AvgIpc) is 3.56. The number of benzene rings is 2. The van der Waals surface area contributed by atoms with Gasteiger partial charge in [-0.05, 0) is 59.0 Å². The maximum Gasteiger partial charge on any atom is 0.231 e. The summed E-state index contributed by atoms with van der Waals surface area (Å²) in [5.74, 6) is 1.71. The Balaban J connectivity index is 1.54. The van der Waals surface area contributed by atoms with Crippen molar-refractivity contribution >= 4 is 39.4 Å². The molecule has 1 saturated carbocycles. The minimum atomic E-state index is -0.126. The first kappa shape index (κ1) is 20.9. The quantitative estimate of drug-likeness (QED) is 0.621. The fraction of sp³-hybridized carbons (Fsp3) is 0.333. The van der Waals surface area contributed by atoms with Gasteiger partial charge in [-0.1, -0.05) is 12.1 Å². The molecule has 0 spiro atoms. The van der Waals surface area contributed by atoms with Gasteiger partial charge in [-0.2, -0.15) is 0 Å². The van der Waals surface area contributed by atoms with Crippen LogP contribution < -0.4 is 19.5 Å². The number of anilines is 1. The monoisotopic (exact) mass is 498 g/mol. The average molecular weight is 499 g/mol. The van der Waals surface area contributed by atoms with Crippen LogP contribution in [0, 0.1) is 5.92 Å². The Morgan fingerprint density at radius 2 is 2.00 bits per heavy atom. The van der Waals surface area contributed by atoms with Crippen LogP contribution in [0.3, 0.4) is 0 Å². The predicted octanol–water partition coefficient (Wildman–Crippen LogP) is 4.25. The molecule has 0 radical (unpaired) electrons. The molecule has 5 rings (SSSR count). The fourth-order valence-electron chi connectivity index (χ4n) is 4.09. The molecule has 2 aromatic carbocycles. The van der Waals surface area contributed by atoms with Crippen LogP contribution in [0.25, 0.3) is 6.08 Å². The van der Waals surface area contributed by atoms with E-state index in [9.17, 15) is 9.59 Å². The molecule has 8 heteroatoms. The molecule has 0 aromatic heterocycles. The van der Waals surface area contributed by atoms with Gasteiger partial charge in [0, 0.05) is 36.3 Å². The highest BCUT2D eigenvalue weighted by Gasteiger charge is 2.32. The Labute approximate surface area is 194 Å². The zero-order chi connectivity index (χ0) is 22.4. The van der Waals surface area contributed by atoms with Crippen LogP contribution in [0.4, 0.5) is 5.69 Å². The molecule has 1 N–H and O–H groups in total. The second kappa shape index (κ2) is 8.16. The summed E-state index contributed by atoms with van der Waals surface area (Å²) in [5, 5.41) is 2.91. The Morgan fingerprint density at radius 1 is 1.22 bits per heavy atom. The molecule has 2 aliphatic heterocycles. The van der Waals surface area contributed by atoms with Crippen LogP contribution in [0.5, 0.6) is 17.2 Å². The first-order valence-electron chi connectivity index (χ1n) is 10.5. The number of carbonyl (C=O) groups is 2. The third-order valence-corrected chi connectivity index (χ3v) is 6.86. The van der Waals surface area contributed by atoms with Gasteiger partial charge in [-0.3, -0.25) is 9.59 Å².